The minimum absolute atomic E-state index is 0.0312. The van der Waals surface area contributed by atoms with Crippen molar-refractivity contribution in [2.24, 2.45) is 5.73 Å². The van der Waals surface area contributed by atoms with Crippen molar-refractivity contribution in [1.29, 1.82) is 0 Å². The summed E-state index contributed by atoms with van der Waals surface area (Å²) in [6.07, 6.45) is 16.8. The number of hydrogen-bond acceptors (Lipinski definition) is 4. The highest BCUT2D eigenvalue weighted by Crippen LogP contribution is 2.28. The van der Waals surface area contributed by atoms with E-state index in [4.69, 9.17) is 5.73 Å². The minimum Gasteiger partial charge on any atom is -0.468 e. The van der Waals surface area contributed by atoms with Crippen LogP contribution in [-0.4, -0.2) is 25.4 Å². The van der Waals surface area contributed by atoms with Crippen molar-refractivity contribution in [3.05, 3.63) is 88.1 Å². The molecule has 0 aliphatic heterocycles. The summed E-state index contributed by atoms with van der Waals surface area (Å²) in [5, 5.41) is 0. The quantitative estimate of drug-likeness (QED) is 0.128. The summed E-state index contributed by atoms with van der Waals surface area (Å²) in [4.78, 5) is 22.5. The van der Waals surface area contributed by atoms with Crippen LogP contribution in [0.3, 0.4) is 0 Å². The van der Waals surface area contributed by atoms with Crippen molar-refractivity contribution in [1.82, 2.24) is 0 Å². The van der Waals surface area contributed by atoms with E-state index in [2.05, 4.69) is 94.8 Å². The fourth-order valence-electron chi connectivity index (χ4n) is 3.47. The van der Waals surface area contributed by atoms with Gasteiger partial charge in [0.15, 0.2) is 5.78 Å². The zero-order valence-corrected chi connectivity index (χ0v) is 27.7. The molecule has 0 bridgehead atoms. The van der Waals surface area contributed by atoms with Gasteiger partial charge in [-0.15, -0.1) is 0 Å². The van der Waals surface area contributed by atoms with E-state index < -0.39 is 0 Å². The van der Waals surface area contributed by atoms with Crippen LogP contribution >= 0.6 is 0 Å². The lowest BCUT2D eigenvalue weighted by molar-refractivity contribution is -0.138. The van der Waals surface area contributed by atoms with Gasteiger partial charge in [-0.25, -0.2) is 0 Å². The predicted octanol–water partition coefficient (Wildman–Crippen LogP) is 9.93. The summed E-state index contributed by atoms with van der Waals surface area (Å²) in [7, 11) is 1.30. The predicted molar refractivity (Wildman–Crippen MR) is 178 cm³/mol. The standard InChI is InChI=1S/C27H38O.C4H8.C3H7NO2.C2H6/c1-8-13-20(4)17-18-26(22(6)14-9-2)27(23(7)28)19-24-15-11-12-16-25(24)21(5)10-3;1-3-4-2;1-6-3(5)2-4;1-2/h11-12,14-19,21H,8-10,13H2,1-7H3;3-4H,1-2H3;2,4H2,1H3;1-2H3/b20-17-,22-14-,26-18+,27-19+;4-3-;;. The Bertz CT molecular complexity index is 968. The molecule has 40 heavy (non-hydrogen) atoms. The van der Waals surface area contributed by atoms with Crippen molar-refractivity contribution < 1.29 is 14.3 Å². The first kappa shape index (κ1) is 41.5. The van der Waals surface area contributed by atoms with Crippen LogP contribution in [0.25, 0.3) is 6.08 Å². The van der Waals surface area contributed by atoms with E-state index >= 15 is 0 Å². The maximum Gasteiger partial charge on any atom is 0.319 e. The third kappa shape index (κ3) is 19.1. The summed E-state index contributed by atoms with van der Waals surface area (Å²) in [6, 6.07) is 8.45. The van der Waals surface area contributed by atoms with Gasteiger partial charge in [0, 0.05) is 5.57 Å². The fourth-order valence-corrected chi connectivity index (χ4v) is 3.47. The van der Waals surface area contributed by atoms with Crippen molar-refractivity contribution in [3.8, 4) is 0 Å². The zero-order chi connectivity index (χ0) is 31.5. The van der Waals surface area contributed by atoms with E-state index in [9.17, 15) is 9.59 Å². The number of carbonyl (C=O) groups is 2. The molecule has 1 unspecified atom stereocenters. The number of allylic oxidation sites excluding steroid dienone is 9. The molecule has 0 aliphatic carbocycles. The smallest absolute Gasteiger partial charge is 0.319 e. The molecule has 1 rings (SSSR count). The number of methoxy groups -OCH3 is 1. The maximum atomic E-state index is 12.7. The monoisotopic (exact) mass is 553 g/mol. The van der Waals surface area contributed by atoms with Crippen LogP contribution in [0, 0.1) is 0 Å². The SMILES string of the molecule is C/C=C\C.CC.CC\C=C(C)/C(=C\C=C(\C)CCC)C(=C/c1ccccc1C(C)CC)/C(C)=O.COC(=O)CN. The Hall–Kier alpha value is -2.98. The van der Waals surface area contributed by atoms with Crippen LogP contribution in [0.15, 0.2) is 76.9 Å². The van der Waals surface area contributed by atoms with Gasteiger partial charge < -0.3 is 10.5 Å². The molecule has 0 saturated carbocycles. The van der Waals surface area contributed by atoms with Gasteiger partial charge in [0.05, 0.1) is 13.7 Å². The number of esters is 1. The zero-order valence-electron chi connectivity index (χ0n) is 27.7. The van der Waals surface area contributed by atoms with Gasteiger partial charge in [-0.3, -0.25) is 9.59 Å². The molecular weight excluding hydrogens is 494 g/mol. The highest BCUT2D eigenvalue weighted by Gasteiger charge is 2.14. The molecule has 1 aromatic rings. The van der Waals surface area contributed by atoms with E-state index in [1.165, 1.54) is 18.2 Å². The number of ether oxygens (including phenoxy) is 1. The van der Waals surface area contributed by atoms with Crippen LogP contribution < -0.4 is 5.73 Å². The topological polar surface area (TPSA) is 69.4 Å². The lowest BCUT2D eigenvalue weighted by atomic mass is 9.89. The summed E-state index contributed by atoms with van der Waals surface area (Å²) >= 11 is 0. The van der Waals surface area contributed by atoms with Crippen LogP contribution in [0.1, 0.15) is 119 Å². The minimum atomic E-state index is -0.380. The molecular formula is C36H59NO3. The lowest BCUT2D eigenvalue weighted by Gasteiger charge is -2.15. The normalized spacial score (nSPS) is 12.7. The molecule has 4 heteroatoms. The van der Waals surface area contributed by atoms with Gasteiger partial charge >= 0.3 is 5.97 Å². The third-order valence-corrected chi connectivity index (χ3v) is 5.95. The summed E-state index contributed by atoms with van der Waals surface area (Å²) < 4.78 is 4.14. The molecule has 4 nitrogen and oxygen atoms in total. The second-order valence-corrected chi connectivity index (χ2v) is 9.14. The molecule has 0 fully saturated rings. The Labute approximate surface area is 247 Å². The molecule has 0 heterocycles. The average Bonchev–Trinajstić information content (AvgIpc) is 2.97. The molecule has 1 atom stereocenters. The second kappa shape index (κ2) is 27.6. The van der Waals surface area contributed by atoms with Gasteiger partial charge in [0.1, 0.15) is 0 Å². The number of Topliss-reactive ketones (excluding diaryl/α,β-unsaturated/α-hetero) is 1. The van der Waals surface area contributed by atoms with Crippen molar-refractivity contribution in [2.75, 3.05) is 13.7 Å². The number of benzene rings is 1. The largest absolute Gasteiger partial charge is 0.468 e. The molecule has 0 amide bonds. The Balaban J connectivity index is -0.000000958. The fraction of sp³-hybridized carbons (Fsp3) is 0.500. The average molecular weight is 554 g/mol. The Morgan fingerprint density at radius 1 is 0.950 bits per heavy atom. The summed E-state index contributed by atoms with van der Waals surface area (Å²) in [6.45, 7) is 22.7. The number of rotatable bonds is 11. The van der Waals surface area contributed by atoms with Crippen molar-refractivity contribution in [2.45, 2.75) is 108 Å². The Kier molecular flexibility index (Phi) is 28.6. The molecule has 0 saturated heterocycles. The summed E-state index contributed by atoms with van der Waals surface area (Å²) in [5.41, 5.74) is 11.6. The highest BCUT2D eigenvalue weighted by atomic mass is 16.5. The van der Waals surface area contributed by atoms with Crippen LogP contribution in [-0.2, 0) is 14.3 Å². The Morgan fingerprint density at radius 3 is 1.93 bits per heavy atom. The number of nitrogens with two attached hydrogens (primary N) is 1. The highest BCUT2D eigenvalue weighted by molar-refractivity contribution is 6.03. The number of hydrogen-bond donors (Lipinski definition) is 1. The van der Waals surface area contributed by atoms with Crippen LogP contribution in [0.4, 0.5) is 0 Å². The molecule has 2 N–H and O–H groups in total. The van der Waals surface area contributed by atoms with E-state index in [0.717, 1.165) is 48.0 Å². The van der Waals surface area contributed by atoms with Gasteiger partial charge in [-0.2, -0.15) is 0 Å². The molecule has 1 aromatic carbocycles. The number of ketones is 1. The van der Waals surface area contributed by atoms with E-state index in [1.54, 1.807) is 6.92 Å². The van der Waals surface area contributed by atoms with E-state index in [0.29, 0.717) is 5.92 Å². The van der Waals surface area contributed by atoms with Crippen LogP contribution in [0.5, 0.6) is 0 Å². The second-order valence-electron chi connectivity index (χ2n) is 9.14. The first-order valence-corrected chi connectivity index (χ1v) is 14.8. The third-order valence-electron chi connectivity index (χ3n) is 5.95. The van der Waals surface area contributed by atoms with E-state index in [1.807, 2.05) is 39.8 Å². The molecule has 0 spiro atoms. The van der Waals surface area contributed by atoms with E-state index in [-0.39, 0.29) is 18.3 Å². The molecule has 0 radical (unpaired) electrons. The molecule has 0 aromatic heterocycles. The van der Waals surface area contributed by atoms with Gasteiger partial charge in [0.25, 0.3) is 0 Å². The van der Waals surface area contributed by atoms with Gasteiger partial charge in [-0.1, -0.05) is 108 Å². The Morgan fingerprint density at radius 2 is 1.52 bits per heavy atom. The van der Waals surface area contributed by atoms with Crippen LogP contribution in [0.2, 0.25) is 0 Å². The maximum absolute atomic E-state index is 12.7. The van der Waals surface area contributed by atoms with Crippen molar-refractivity contribution >= 4 is 17.8 Å². The number of carbonyl (C=O) groups excluding carboxylic acids is 2. The lowest BCUT2D eigenvalue weighted by Crippen LogP contribution is -2.14. The first-order valence-electron chi connectivity index (χ1n) is 14.8. The summed E-state index contributed by atoms with van der Waals surface area (Å²) in [5.74, 6) is 0.192. The first-order chi connectivity index (χ1) is 19.1. The van der Waals surface area contributed by atoms with Gasteiger partial charge in [-0.05, 0) is 88.1 Å². The molecule has 0 aliphatic rings. The van der Waals surface area contributed by atoms with Gasteiger partial charge in [0.2, 0.25) is 0 Å². The molecule has 226 valence electrons. The van der Waals surface area contributed by atoms with Crippen molar-refractivity contribution in [3.63, 3.8) is 0 Å².